The van der Waals surface area contributed by atoms with Crippen LogP contribution in [0.15, 0.2) is 109 Å². The first-order chi connectivity index (χ1) is 41.1. The monoisotopic (exact) mass is 1170 g/mol. The zero-order chi connectivity index (χ0) is 61.2. The van der Waals surface area contributed by atoms with Gasteiger partial charge in [0.25, 0.3) is 6.29 Å². The van der Waals surface area contributed by atoms with E-state index in [1.807, 2.05) is 21.1 Å². The van der Waals surface area contributed by atoms with Gasteiger partial charge < -0.3 is 28.5 Å². The lowest BCUT2D eigenvalue weighted by Gasteiger charge is -2.25. The minimum Gasteiger partial charge on any atom is -0.477 e. The molecule has 0 fully saturated rings. The number of allylic oxidation sites excluding steroid dienone is 18. The van der Waals surface area contributed by atoms with Gasteiger partial charge in [0.15, 0.2) is 6.10 Å². The number of unbranched alkanes of at least 4 members (excludes halogenated alkanes) is 30. The second-order valence-electron chi connectivity index (χ2n) is 24.1. The Hall–Kier alpha value is -4.05. The zero-order valence-electron chi connectivity index (χ0n) is 55.0. The third-order valence-corrected chi connectivity index (χ3v) is 14.8. The fourth-order valence-electron chi connectivity index (χ4n) is 9.54. The van der Waals surface area contributed by atoms with Crippen LogP contribution in [0.5, 0.6) is 0 Å². The van der Waals surface area contributed by atoms with E-state index in [0.29, 0.717) is 23.9 Å². The van der Waals surface area contributed by atoms with Gasteiger partial charge in [-0.15, -0.1) is 0 Å². The van der Waals surface area contributed by atoms with Crippen LogP contribution in [0.1, 0.15) is 290 Å². The normalized spacial score (nSPS) is 13.4. The molecule has 0 spiro atoms. The first kappa shape index (κ1) is 80.0. The molecule has 0 amide bonds. The Labute approximate surface area is 517 Å². The molecule has 84 heavy (non-hydrogen) atoms. The highest BCUT2D eigenvalue weighted by Crippen LogP contribution is 2.17. The highest BCUT2D eigenvalue weighted by Gasteiger charge is 2.25. The van der Waals surface area contributed by atoms with Gasteiger partial charge in [0, 0.05) is 12.8 Å². The number of carbonyl (C=O) groups is 3. The zero-order valence-corrected chi connectivity index (χ0v) is 55.0. The molecule has 0 aliphatic rings. The summed E-state index contributed by atoms with van der Waals surface area (Å²) in [6.07, 6.45) is 87.7. The first-order valence-corrected chi connectivity index (χ1v) is 34.6. The van der Waals surface area contributed by atoms with E-state index in [4.69, 9.17) is 18.9 Å². The largest absolute Gasteiger partial charge is 0.477 e. The molecule has 9 nitrogen and oxygen atoms in total. The van der Waals surface area contributed by atoms with E-state index in [2.05, 4.69) is 123 Å². The van der Waals surface area contributed by atoms with Gasteiger partial charge in [-0.3, -0.25) is 9.59 Å². The van der Waals surface area contributed by atoms with Crippen molar-refractivity contribution < 1.29 is 42.9 Å². The van der Waals surface area contributed by atoms with Crippen LogP contribution < -0.4 is 0 Å². The number of carbonyl (C=O) groups excluding carboxylic acids is 2. The Morgan fingerprint density at radius 1 is 0.369 bits per heavy atom. The Morgan fingerprint density at radius 2 is 0.679 bits per heavy atom. The third kappa shape index (κ3) is 65.5. The van der Waals surface area contributed by atoms with Crippen LogP contribution in [0.2, 0.25) is 0 Å². The summed E-state index contributed by atoms with van der Waals surface area (Å²) in [5.74, 6) is -2.03. The molecule has 0 bridgehead atoms. The number of nitrogens with zero attached hydrogens (tertiary/aromatic N) is 1. The van der Waals surface area contributed by atoms with Gasteiger partial charge in [0.1, 0.15) is 13.2 Å². The molecular formula is C75H130NO8+. The summed E-state index contributed by atoms with van der Waals surface area (Å²) in [6.45, 7) is 4.77. The standard InChI is InChI=1S/C75H129NO8/c1-6-8-10-12-14-16-18-20-22-24-26-28-30-32-34-35-36-37-38-39-40-42-44-46-48-50-52-54-56-58-60-62-64-66-73(78)84-71(70-83-75(74(79)80)81-68-67-76(3,4)5)69-82-72(77)65-63-61-59-57-55-53-51-49-47-45-43-41-33-31-29-27-25-23-21-19-17-15-13-11-9-7-2/h8,10,14,16,20,22,26,28,32,34,36-37,39-40,44,46,50,52,71,75H,6-7,9,11-13,15,17-19,21,23-25,27,29-31,33,35,38,41-43,45,47-49,51,53-70H2,1-5H3/p+1/b10-8-,16-14-,22-20-,28-26-,34-32-,37-36-,40-39-,46-44-,52-50-. The van der Waals surface area contributed by atoms with Crippen molar-refractivity contribution in [3.8, 4) is 0 Å². The van der Waals surface area contributed by atoms with Crippen LogP contribution in [0.4, 0.5) is 0 Å². The minimum absolute atomic E-state index is 0.179. The van der Waals surface area contributed by atoms with Crippen molar-refractivity contribution in [3.63, 3.8) is 0 Å². The number of rotatable bonds is 63. The predicted molar refractivity (Wildman–Crippen MR) is 359 cm³/mol. The van der Waals surface area contributed by atoms with Gasteiger partial charge in [-0.1, -0.05) is 303 Å². The van der Waals surface area contributed by atoms with E-state index in [0.717, 1.165) is 109 Å². The molecule has 0 aliphatic heterocycles. The Kier molecular flexibility index (Phi) is 61.8. The molecule has 9 heteroatoms. The minimum atomic E-state index is -1.52. The number of aliphatic carboxylic acids is 1. The molecule has 0 radical (unpaired) electrons. The third-order valence-electron chi connectivity index (χ3n) is 14.8. The number of likely N-dealkylation sites (N-methyl/N-ethyl adjacent to an activating group) is 1. The number of carboxylic acids is 1. The molecule has 0 aromatic heterocycles. The average Bonchev–Trinajstić information content (AvgIpc) is 3.51. The van der Waals surface area contributed by atoms with Crippen LogP contribution in [0.3, 0.4) is 0 Å². The van der Waals surface area contributed by atoms with Gasteiger partial charge in [0.05, 0.1) is 34.4 Å². The van der Waals surface area contributed by atoms with E-state index >= 15 is 0 Å². The van der Waals surface area contributed by atoms with Gasteiger partial charge in [-0.05, 0) is 83.5 Å². The lowest BCUT2D eigenvalue weighted by molar-refractivity contribution is -0.870. The highest BCUT2D eigenvalue weighted by molar-refractivity contribution is 5.71. The number of hydrogen-bond donors (Lipinski definition) is 1. The lowest BCUT2D eigenvalue weighted by atomic mass is 10.0. The fourth-order valence-corrected chi connectivity index (χ4v) is 9.54. The summed E-state index contributed by atoms with van der Waals surface area (Å²) in [4.78, 5) is 37.6. The number of hydrogen-bond acceptors (Lipinski definition) is 7. The van der Waals surface area contributed by atoms with Crippen molar-refractivity contribution in [2.45, 2.75) is 302 Å². The van der Waals surface area contributed by atoms with E-state index < -0.39 is 24.3 Å². The first-order valence-electron chi connectivity index (χ1n) is 34.6. The molecule has 0 aliphatic carbocycles. The van der Waals surface area contributed by atoms with E-state index in [9.17, 15) is 19.5 Å². The van der Waals surface area contributed by atoms with Crippen molar-refractivity contribution >= 4 is 17.9 Å². The lowest BCUT2D eigenvalue weighted by Crippen LogP contribution is -2.40. The van der Waals surface area contributed by atoms with Gasteiger partial charge in [-0.2, -0.15) is 0 Å². The molecule has 482 valence electrons. The van der Waals surface area contributed by atoms with Gasteiger partial charge in [-0.25, -0.2) is 4.79 Å². The molecule has 0 heterocycles. The number of quaternary nitrogens is 1. The average molecular weight is 1170 g/mol. The van der Waals surface area contributed by atoms with Gasteiger partial charge in [0.2, 0.25) is 0 Å². The topological polar surface area (TPSA) is 108 Å². The van der Waals surface area contributed by atoms with E-state index in [1.54, 1.807) is 0 Å². The highest BCUT2D eigenvalue weighted by atomic mass is 16.7. The Balaban J connectivity index is 4.21. The van der Waals surface area contributed by atoms with Crippen molar-refractivity contribution in [2.24, 2.45) is 0 Å². The SMILES string of the molecule is CC/C=C\C/C=C\C/C=C\C/C=C\C/C=C\C/C=C\C/C=C\C/C=C\C/C=C\CCCCCCCC(=O)OC(COC(=O)CCCCCCCCCCCCCCCCCCCCCCCCCCCC)COC(OCC[N+](C)(C)C)C(=O)O. The second-order valence-corrected chi connectivity index (χ2v) is 24.1. The Morgan fingerprint density at radius 3 is 1.01 bits per heavy atom. The van der Waals surface area contributed by atoms with Crippen LogP contribution >= 0.6 is 0 Å². The maximum absolute atomic E-state index is 12.9. The van der Waals surface area contributed by atoms with E-state index in [-0.39, 0.29) is 32.2 Å². The molecular weight excluding hydrogens is 1040 g/mol. The molecule has 0 saturated heterocycles. The quantitative estimate of drug-likeness (QED) is 0.0211. The fraction of sp³-hybridized carbons (Fsp3) is 0.720. The summed E-state index contributed by atoms with van der Waals surface area (Å²) < 4.78 is 22.9. The maximum Gasteiger partial charge on any atom is 0.361 e. The molecule has 0 rings (SSSR count). The van der Waals surface area contributed by atoms with Crippen LogP contribution in [-0.4, -0.2) is 87.4 Å². The van der Waals surface area contributed by atoms with Crippen LogP contribution in [0.25, 0.3) is 0 Å². The molecule has 2 unspecified atom stereocenters. The number of esters is 2. The smallest absolute Gasteiger partial charge is 0.361 e. The van der Waals surface area contributed by atoms with Crippen LogP contribution in [0, 0.1) is 0 Å². The van der Waals surface area contributed by atoms with E-state index in [1.165, 1.54) is 148 Å². The summed E-state index contributed by atoms with van der Waals surface area (Å²) in [5, 5.41) is 9.74. The summed E-state index contributed by atoms with van der Waals surface area (Å²) >= 11 is 0. The van der Waals surface area contributed by atoms with Crippen molar-refractivity contribution in [2.75, 3.05) is 47.5 Å². The molecule has 1 N–H and O–H groups in total. The molecule has 0 aromatic rings. The second kappa shape index (κ2) is 64.9. The molecule has 0 aromatic carbocycles. The van der Waals surface area contributed by atoms with Crippen molar-refractivity contribution in [1.82, 2.24) is 0 Å². The molecule has 2 atom stereocenters. The number of ether oxygens (including phenoxy) is 4. The van der Waals surface area contributed by atoms with Crippen LogP contribution in [-0.2, 0) is 33.3 Å². The Bertz CT molecular complexity index is 1750. The summed E-state index contributed by atoms with van der Waals surface area (Å²) in [5.41, 5.74) is 0. The predicted octanol–water partition coefficient (Wildman–Crippen LogP) is 21.4. The number of carboxylic acid groups (broad SMARTS) is 1. The molecule has 0 saturated carbocycles. The van der Waals surface area contributed by atoms with Gasteiger partial charge >= 0.3 is 17.9 Å². The summed E-state index contributed by atoms with van der Waals surface area (Å²) in [7, 11) is 5.97. The van der Waals surface area contributed by atoms with Crippen molar-refractivity contribution in [1.29, 1.82) is 0 Å². The maximum atomic E-state index is 12.9. The summed E-state index contributed by atoms with van der Waals surface area (Å²) in [6, 6.07) is 0. The van der Waals surface area contributed by atoms with Crippen molar-refractivity contribution in [3.05, 3.63) is 109 Å².